The van der Waals surface area contributed by atoms with Gasteiger partial charge in [-0.05, 0) is 93.9 Å². The molecule has 2 unspecified atom stereocenters. The fraction of sp³-hybridized carbons (Fsp3) is 0.696. The molecule has 0 spiro atoms. The second-order valence-electron chi connectivity index (χ2n) is 9.38. The summed E-state index contributed by atoms with van der Waals surface area (Å²) in [5.41, 5.74) is 0.165. The number of rotatable bonds is 7. The molecule has 0 radical (unpaired) electrons. The molecule has 4 saturated carbocycles. The number of halogens is 1. The van der Waals surface area contributed by atoms with Crippen molar-refractivity contribution < 1.29 is 19.0 Å². The largest absolute Gasteiger partial charge is 0.464 e. The van der Waals surface area contributed by atoms with Gasteiger partial charge in [-0.15, -0.1) is 0 Å². The number of carbonyl (C=O) groups excluding carboxylic acids is 1. The molecule has 4 bridgehead atoms. The van der Waals surface area contributed by atoms with Gasteiger partial charge in [0.25, 0.3) is 0 Å². The van der Waals surface area contributed by atoms with Crippen LogP contribution in [0.2, 0.25) is 0 Å². The summed E-state index contributed by atoms with van der Waals surface area (Å²) in [5.74, 6) is 3.68. The Morgan fingerprint density at radius 3 is 2.07 bits per heavy atom. The highest BCUT2D eigenvalue weighted by Gasteiger charge is 2.55. The molecule has 28 heavy (non-hydrogen) atoms. The maximum Gasteiger partial charge on any atom is 0.327 e. The van der Waals surface area contributed by atoms with Crippen LogP contribution in [-0.4, -0.2) is 22.8 Å². The summed E-state index contributed by atoms with van der Waals surface area (Å²) in [6, 6.07) is 7.38. The van der Waals surface area contributed by atoms with Crippen molar-refractivity contribution in [2.75, 3.05) is 7.11 Å². The molecule has 0 amide bonds. The molecule has 0 heterocycles. The van der Waals surface area contributed by atoms with E-state index in [-0.39, 0.29) is 17.7 Å². The van der Waals surface area contributed by atoms with E-state index in [1.165, 1.54) is 38.5 Å². The summed E-state index contributed by atoms with van der Waals surface area (Å²) in [6.45, 7) is 3.88. The molecule has 4 aliphatic carbocycles. The number of benzene rings is 1. The van der Waals surface area contributed by atoms with Crippen LogP contribution in [0.15, 0.2) is 24.3 Å². The average molecular weight is 498 g/mol. The number of alkyl halides is 1. The summed E-state index contributed by atoms with van der Waals surface area (Å²) in [5, 5.41) is 0. The lowest BCUT2D eigenvalue weighted by Gasteiger charge is -2.58. The Bertz CT molecular complexity index is 677. The maximum atomic E-state index is 12.3. The lowest BCUT2D eigenvalue weighted by atomic mass is 9.49. The molecule has 0 aromatic heterocycles. The first-order chi connectivity index (χ1) is 13.3. The Morgan fingerprint density at radius 2 is 1.61 bits per heavy atom. The summed E-state index contributed by atoms with van der Waals surface area (Å²) in [6.07, 6.45) is 8.45. The maximum absolute atomic E-state index is 12.3. The second-order valence-corrected chi connectivity index (χ2v) is 11.8. The number of hydrogen-bond acceptors (Lipinski definition) is 4. The van der Waals surface area contributed by atoms with Crippen molar-refractivity contribution in [1.29, 1.82) is 0 Å². The SMILES string of the molecule is CCC(C)(I)C(=O)Oc1ccc(OC(OC)C23CC4CC(CC(C4)C2)C3)cc1. The van der Waals surface area contributed by atoms with Crippen LogP contribution in [0.25, 0.3) is 0 Å². The van der Waals surface area contributed by atoms with Crippen molar-refractivity contribution in [2.24, 2.45) is 23.2 Å². The summed E-state index contributed by atoms with van der Waals surface area (Å²) < 4.78 is 17.2. The van der Waals surface area contributed by atoms with Gasteiger partial charge in [-0.1, -0.05) is 29.5 Å². The topological polar surface area (TPSA) is 44.8 Å². The third-order valence-corrected chi connectivity index (χ3v) is 8.37. The predicted octanol–water partition coefficient (Wildman–Crippen LogP) is 5.76. The van der Waals surface area contributed by atoms with Crippen molar-refractivity contribution in [2.45, 2.75) is 68.5 Å². The number of carbonyl (C=O) groups is 1. The molecule has 4 nitrogen and oxygen atoms in total. The molecule has 1 aromatic rings. The normalized spacial score (nSPS) is 33.9. The Hall–Kier alpha value is -0.820. The van der Waals surface area contributed by atoms with E-state index < -0.39 is 3.42 Å². The van der Waals surface area contributed by atoms with E-state index in [0.717, 1.165) is 29.9 Å². The molecule has 0 saturated heterocycles. The quantitative estimate of drug-likeness (QED) is 0.158. The average Bonchev–Trinajstić information content (AvgIpc) is 2.66. The lowest BCUT2D eigenvalue weighted by Crippen LogP contribution is -2.53. The summed E-state index contributed by atoms with van der Waals surface area (Å²) >= 11 is 2.15. The third kappa shape index (κ3) is 3.93. The lowest BCUT2D eigenvalue weighted by molar-refractivity contribution is -0.204. The van der Waals surface area contributed by atoms with E-state index in [0.29, 0.717) is 5.75 Å². The first-order valence-corrected chi connectivity index (χ1v) is 11.6. The minimum atomic E-state index is -0.507. The monoisotopic (exact) mass is 498 g/mol. The van der Waals surface area contributed by atoms with Crippen LogP contribution in [0, 0.1) is 23.2 Å². The predicted molar refractivity (Wildman–Crippen MR) is 117 cm³/mol. The fourth-order valence-electron chi connectivity index (χ4n) is 5.96. The summed E-state index contributed by atoms with van der Waals surface area (Å²) in [7, 11) is 1.77. The first-order valence-electron chi connectivity index (χ1n) is 10.5. The molecule has 4 aliphatic rings. The molecular formula is C23H31IO4. The van der Waals surface area contributed by atoms with E-state index in [1.54, 1.807) is 7.11 Å². The van der Waals surface area contributed by atoms with Gasteiger partial charge in [0, 0.05) is 12.5 Å². The van der Waals surface area contributed by atoms with Crippen LogP contribution >= 0.6 is 22.6 Å². The van der Waals surface area contributed by atoms with Crippen molar-refractivity contribution in [3.63, 3.8) is 0 Å². The van der Waals surface area contributed by atoms with Crippen LogP contribution in [0.1, 0.15) is 58.8 Å². The molecule has 0 N–H and O–H groups in total. The second kappa shape index (κ2) is 7.78. The zero-order valence-corrected chi connectivity index (χ0v) is 19.2. The van der Waals surface area contributed by atoms with Gasteiger partial charge in [0.15, 0.2) is 0 Å². The Morgan fingerprint density at radius 1 is 1.11 bits per heavy atom. The van der Waals surface area contributed by atoms with Gasteiger partial charge in [-0.2, -0.15) is 0 Å². The third-order valence-electron chi connectivity index (χ3n) is 7.17. The molecular weight excluding hydrogens is 467 g/mol. The van der Waals surface area contributed by atoms with Crippen molar-refractivity contribution >= 4 is 28.6 Å². The minimum Gasteiger partial charge on any atom is -0.464 e. The molecule has 5 rings (SSSR count). The van der Waals surface area contributed by atoms with Gasteiger partial charge in [-0.3, -0.25) is 4.79 Å². The van der Waals surface area contributed by atoms with Crippen molar-refractivity contribution in [3.8, 4) is 11.5 Å². The van der Waals surface area contributed by atoms with Crippen LogP contribution in [-0.2, 0) is 9.53 Å². The van der Waals surface area contributed by atoms with E-state index in [9.17, 15) is 4.79 Å². The van der Waals surface area contributed by atoms with Gasteiger partial charge in [-0.25, -0.2) is 0 Å². The first kappa shape index (κ1) is 20.5. The van der Waals surface area contributed by atoms with E-state index in [4.69, 9.17) is 14.2 Å². The van der Waals surface area contributed by atoms with Crippen LogP contribution in [0.4, 0.5) is 0 Å². The smallest absolute Gasteiger partial charge is 0.327 e. The number of hydrogen-bond donors (Lipinski definition) is 0. The van der Waals surface area contributed by atoms with Crippen molar-refractivity contribution in [3.05, 3.63) is 24.3 Å². The molecule has 4 fully saturated rings. The number of ether oxygens (including phenoxy) is 3. The Balaban J connectivity index is 1.43. The number of esters is 1. The van der Waals surface area contributed by atoms with Gasteiger partial charge >= 0.3 is 5.97 Å². The van der Waals surface area contributed by atoms with Gasteiger partial charge < -0.3 is 14.2 Å². The highest BCUT2D eigenvalue weighted by atomic mass is 127. The summed E-state index contributed by atoms with van der Waals surface area (Å²) in [4.78, 5) is 12.3. The van der Waals surface area contributed by atoms with E-state index in [2.05, 4.69) is 22.6 Å². The highest BCUT2D eigenvalue weighted by Crippen LogP contribution is 2.61. The zero-order valence-electron chi connectivity index (χ0n) is 17.1. The number of methoxy groups -OCH3 is 1. The van der Waals surface area contributed by atoms with E-state index in [1.807, 2.05) is 38.1 Å². The Kier molecular flexibility index (Phi) is 5.69. The van der Waals surface area contributed by atoms with Crippen LogP contribution in [0.5, 0.6) is 11.5 Å². The van der Waals surface area contributed by atoms with Crippen molar-refractivity contribution in [1.82, 2.24) is 0 Å². The molecule has 2 atom stereocenters. The highest BCUT2D eigenvalue weighted by molar-refractivity contribution is 14.1. The van der Waals surface area contributed by atoms with Gasteiger partial charge in [0.1, 0.15) is 14.9 Å². The zero-order chi connectivity index (χ0) is 19.9. The molecule has 1 aromatic carbocycles. The van der Waals surface area contributed by atoms with E-state index >= 15 is 0 Å². The standard InChI is InChI=1S/C23H31IO4/c1-4-22(2,24)20(25)27-18-5-7-19(8-6-18)28-21(26-3)23-12-15-9-16(13-23)11-17(10-15)14-23/h5-8,15-17,21H,4,9-14H2,1-3H3. The van der Waals surface area contributed by atoms with Gasteiger partial charge in [0.05, 0.1) is 0 Å². The van der Waals surface area contributed by atoms with Gasteiger partial charge in [0.2, 0.25) is 6.29 Å². The Labute approximate surface area is 181 Å². The minimum absolute atomic E-state index is 0.165. The molecule has 5 heteroatoms. The molecule has 0 aliphatic heterocycles. The van der Waals surface area contributed by atoms with Crippen LogP contribution < -0.4 is 9.47 Å². The molecule has 154 valence electrons. The fourth-order valence-corrected chi connectivity index (χ4v) is 6.07. The van der Waals surface area contributed by atoms with Crippen LogP contribution in [0.3, 0.4) is 0 Å².